The molecule has 1 heterocycles. The van der Waals surface area contributed by atoms with Crippen LogP contribution in [0.4, 0.5) is 0 Å². The third-order valence-corrected chi connectivity index (χ3v) is 3.84. The Kier molecular flexibility index (Phi) is 2.58. The Labute approximate surface area is 79.4 Å². The van der Waals surface area contributed by atoms with Crippen LogP contribution in [0.15, 0.2) is 0 Å². The molecule has 0 amide bonds. The molecule has 0 radical (unpaired) electrons. The molecule has 2 rings (SSSR count). The first-order valence-corrected chi connectivity index (χ1v) is 5.25. The third kappa shape index (κ3) is 1.49. The maximum atomic E-state index is 9.42. The minimum absolute atomic E-state index is 0.190. The highest BCUT2D eigenvalue weighted by atomic mass is 16.3. The first-order valence-electron chi connectivity index (χ1n) is 5.25. The zero-order valence-electron chi connectivity index (χ0n) is 8.08. The van der Waals surface area contributed by atoms with Crippen LogP contribution in [0.25, 0.3) is 0 Å². The normalized spacial score (nSPS) is 39.7. The minimum Gasteiger partial charge on any atom is -0.396 e. The van der Waals surface area contributed by atoms with Gasteiger partial charge >= 0.3 is 0 Å². The second kappa shape index (κ2) is 3.56. The van der Waals surface area contributed by atoms with Gasteiger partial charge in [-0.05, 0) is 18.8 Å². The molecule has 0 aromatic rings. The summed E-state index contributed by atoms with van der Waals surface area (Å²) in [5, 5.41) is 18.3. The lowest BCUT2D eigenvalue weighted by atomic mass is 9.82. The number of hydrogen-bond donors (Lipinski definition) is 2. The summed E-state index contributed by atoms with van der Waals surface area (Å²) in [5.74, 6) is 0.684. The van der Waals surface area contributed by atoms with Crippen LogP contribution >= 0.6 is 0 Å². The summed E-state index contributed by atoms with van der Waals surface area (Å²) in [6.07, 6.45) is 3.72. The molecule has 0 bridgehead atoms. The SMILES string of the molecule is OCCN1C[C@H]2CCC[C@@]2(CO)C1. The van der Waals surface area contributed by atoms with Crippen molar-refractivity contribution in [2.75, 3.05) is 32.8 Å². The smallest absolute Gasteiger partial charge is 0.0558 e. The van der Waals surface area contributed by atoms with E-state index in [2.05, 4.69) is 4.90 Å². The van der Waals surface area contributed by atoms with Gasteiger partial charge in [-0.15, -0.1) is 0 Å². The maximum absolute atomic E-state index is 9.42. The predicted octanol–water partition coefficient (Wildman–Crippen LogP) is 0.0731. The monoisotopic (exact) mass is 185 g/mol. The van der Waals surface area contributed by atoms with Gasteiger partial charge in [0.2, 0.25) is 0 Å². The number of nitrogens with zero attached hydrogens (tertiary/aromatic N) is 1. The average Bonchev–Trinajstić information content (AvgIpc) is 2.61. The van der Waals surface area contributed by atoms with Gasteiger partial charge in [-0.1, -0.05) is 6.42 Å². The van der Waals surface area contributed by atoms with Gasteiger partial charge in [0.1, 0.15) is 0 Å². The average molecular weight is 185 g/mol. The Morgan fingerprint density at radius 1 is 1.38 bits per heavy atom. The fraction of sp³-hybridized carbons (Fsp3) is 1.00. The van der Waals surface area contributed by atoms with Crippen LogP contribution in [-0.4, -0.2) is 48.0 Å². The second-order valence-corrected chi connectivity index (χ2v) is 4.57. The summed E-state index contributed by atoms with van der Waals surface area (Å²) in [6.45, 7) is 3.43. The fourth-order valence-corrected chi connectivity index (χ4v) is 3.10. The largest absolute Gasteiger partial charge is 0.396 e. The van der Waals surface area contributed by atoms with E-state index in [-0.39, 0.29) is 12.0 Å². The Hall–Kier alpha value is -0.120. The Balaban J connectivity index is 2.00. The lowest BCUT2D eigenvalue weighted by Gasteiger charge is -2.25. The van der Waals surface area contributed by atoms with Gasteiger partial charge in [0.25, 0.3) is 0 Å². The summed E-state index contributed by atoms with van der Waals surface area (Å²) in [5.41, 5.74) is 0.190. The molecule has 2 N–H and O–H groups in total. The van der Waals surface area contributed by atoms with Gasteiger partial charge in [0.15, 0.2) is 0 Å². The Morgan fingerprint density at radius 3 is 2.85 bits per heavy atom. The number of aliphatic hydroxyl groups excluding tert-OH is 2. The molecule has 1 saturated carbocycles. The van der Waals surface area contributed by atoms with Crippen LogP contribution in [0, 0.1) is 11.3 Å². The molecule has 0 unspecified atom stereocenters. The number of aliphatic hydroxyl groups is 2. The van der Waals surface area contributed by atoms with E-state index >= 15 is 0 Å². The molecule has 3 nitrogen and oxygen atoms in total. The lowest BCUT2D eigenvalue weighted by molar-refractivity contribution is 0.109. The van der Waals surface area contributed by atoms with E-state index in [1.807, 2.05) is 0 Å². The molecule has 1 aliphatic heterocycles. The topological polar surface area (TPSA) is 43.7 Å². The van der Waals surface area contributed by atoms with Crippen molar-refractivity contribution < 1.29 is 10.2 Å². The van der Waals surface area contributed by atoms with Crippen molar-refractivity contribution >= 4 is 0 Å². The van der Waals surface area contributed by atoms with Crippen molar-refractivity contribution in [1.82, 2.24) is 4.90 Å². The zero-order chi connectivity index (χ0) is 9.31. The van der Waals surface area contributed by atoms with Crippen LogP contribution in [0.5, 0.6) is 0 Å². The fourth-order valence-electron chi connectivity index (χ4n) is 3.10. The van der Waals surface area contributed by atoms with Crippen molar-refractivity contribution in [2.45, 2.75) is 19.3 Å². The van der Waals surface area contributed by atoms with Gasteiger partial charge in [0, 0.05) is 25.0 Å². The molecular weight excluding hydrogens is 166 g/mol. The molecule has 3 heteroatoms. The Bertz CT molecular complexity index is 186. The molecule has 1 saturated heterocycles. The zero-order valence-corrected chi connectivity index (χ0v) is 8.08. The molecular formula is C10H19NO2. The van der Waals surface area contributed by atoms with Gasteiger partial charge in [-0.25, -0.2) is 0 Å². The van der Waals surface area contributed by atoms with Crippen molar-refractivity contribution in [2.24, 2.45) is 11.3 Å². The van der Waals surface area contributed by atoms with E-state index in [9.17, 15) is 5.11 Å². The van der Waals surface area contributed by atoms with E-state index in [4.69, 9.17) is 5.11 Å². The molecule has 0 aromatic heterocycles. The molecule has 2 aliphatic rings. The molecule has 0 aromatic carbocycles. The molecule has 2 fully saturated rings. The van der Waals surface area contributed by atoms with Gasteiger partial charge < -0.3 is 15.1 Å². The van der Waals surface area contributed by atoms with Crippen LogP contribution < -0.4 is 0 Å². The molecule has 0 spiro atoms. The number of β-amino-alcohol motifs (C(OH)–C–C–N with tert-alkyl or cyclic N) is 1. The van der Waals surface area contributed by atoms with Crippen molar-refractivity contribution in [3.8, 4) is 0 Å². The van der Waals surface area contributed by atoms with E-state index < -0.39 is 0 Å². The summed E-state index contributed by atoms with van der Waals surface area (Å²) in [7, 11) is 0. The highest BCUT2D eigenvalue weighted by molar-refractivity contribution is 5.00. The minimum atomic E-state index is 0.190. The van der Waals surface area contributed by atoms with Gasteiger partial charge in [-0.3, -0.25) is 0 Å². The Morgan fingerprint density at radius 2 is 2.23 bits per heavy atom. The van der Waals surface area contributed by atoms with E-state index in [1.165, 1.54) is 19.3 Å². The summed E-state index contributed by atoms with van der Waals surface area (Å²) in [4.78, 5) is 2.29. The molecule has 2 atom stereocenters. The van der Waals surface area contributed by atoms with Gasteiger partial charge in [-0.2, -0.15) is 0 Å². The van der Waals surface area contributed by atoms with Gasteiger partial charge in [0.05, 0.1) is 13.2 Å². The van der Waals surface area contributed by atoms with E-state index in [0.717, 1.165) is 19.6 Å². The van der Waals surface area contributed by atoms with Crippen molar-refractivity contribution in [3.63, 3.8) is 0 Å². The number of rotatable bonds is 3. The second-order valence-electron chi connectivity index (χ2n) is 4.57. The van der Waals surface area contributed by atoms with Crippen LogP contribution in [0.3, 0.4) is 0 Å². The first kappa shape index (κ1) is 9.44. The first-order chi connectivity index (χ1) is 6.30. The third-order valence-electron chi connectivity index (χ3n) is 3.84. The maximum Gasteiger partial charge on any atom is 0.0558 e. The van der Waals surface area contributed by atoms with Crippen LogP contribution in [0.1, 0.15) is 19.3 Å². The predicted molar refractivity (Wildman–Crippen MR) is 50.4 cm³/mol. The number of fused-ring (bicyclic) bond motifs is 1. The van der Waals surface area contributed by atoms with E-state index in [0.29, 0.717) is 12.5 Å². The van der Waals surface area contributed by atoms with E-state index in [1.54, 1.807) is 0 Å². The highest BCUT2D eigenvalue weighted by Crippen LogP contribution is 2.47. The highest BCUT2D eigenvalue weighted by Gasteiger charge is 2.48. The van der Waals surface area contributed by atoms with Crippen LogP contribution in [-0.2, 0) is 0 Å². The molecule has 76 valence electrons. The molecule has 1 aliphatic carbocycles. The summed E-state index contributed by atoms with van der Waals surface area (Å²) >= 11 is 0. The number of likely N-dealkylation sites (tertiary alicyclic amines) is 1. The lowest BCUT2D eigenvalue weighted by Crippen LogP contribution is -2.31. The van der Waals surface area contributed by atoms with Crippen molar-refractivity contribution in [3.05, 3.63) is 0 Å². The van der Waals surface area contributed by atoms with Crippen molar-refractivity contribution in [1.29, 1.82) is 0 Å². The number of hydrogen-bond acceptors (Lipinski definition) is 3. The standard InChI is InChI=1S/C10H19NO2/c12-5-4-11-6-9-2-1-3-10(9,7-11)8-13/h9,12-13H,1-8H2/t9-,10+/m1/s1. The van der Waals surface area contributed by atoms with Crippen LogP contribution in [0.2, 0.25) is 0 Å². The quantitative estimate of drug-likeness (QED) is 0.654. The molecule has 13 heavy (non-hydrogen) atoms. The summed E-state index contributed by atoms with van der Waals surface area (Å²) in [6, 6.07) is 0. The summed E-state index contributed by atoms with van der Waals surface area (Å²) < 4.78 is 0.